The predicted octanol–water partition coefficient (Wildman–Crippen LogP) is 18.7. The largest absolute Gasteiger partial charge is 0.0616 e. The van der Waals surface area contributed by atoms with Crippen LogP contribution in [0.4, 0.5) is 0 Å². The SMILES string of the molecule is c1ccc2c(-c3ccc(-c4ccc5c6ccccc6c6c7cc(-c8ccc(-c9cccc%10ccccc9%10)c9ccccc89)ccc7c7ccccc7c6c5c4)c4ccccc34)cccc2c1. The summed E-state index contributed by atoms with van der Waals surface area (Å²) in [5.74, 6) is 0. The van der Waals surface area contributed by atoms with Crippen molar-refractivity contribution < 1.29 is 0 Å². The lowest BCUT2D eigenvalue weighted by atomic mass is 9.84. The Hall–Kier alpha value is -8.58. The molecule has 0 saturated heterocycles. The second kappa shape index (κ2) is 14.5. The summed E-state index contributed by atoms with van der Waals surface area (Å²) in [6.07, 6.45) is 0. The van der Waals surface area contributed by atoms with Gasteiger partial charge in [0.2, 0.25) is 0 Å². The Kier molecular flexibility index (Phi) is 8.08. The lowest BCUT2D eigenvalue weighted by molar-refractivity contribution is 1.66. The summed E-state index contributed by atoms with van der Waals surface area (Å²) in [5.41, 5.74) is 9.95. The highest BCUT2D eigenvalue weighted by Crippen LogP contribution is 2.47. The number of fused-ring (bicyclic) bond motifs is 15. The van der Waals surface area contributed by atoms with Crippen LogP contribution in [0.15, 0.2) is 243 Å². The molecule has 0 unspecified atom stereocenters. The lowest BCUT2D eigenvalue weighted by Crippen LogP contribution is -1.91. The van der Waals surface area contributed by atoms with Crippen LogP contribution in [0.2, 0.25) is 0 Å². The Morgan fingerprint density at radius 2 is 0.439 bits per heavy atom. The van der Waals surface area contributed by atoms with E-state index in [-0.39, 0.29) is 0 Å². The smallest absolute Gasteiger partial charge is 0.00137 e. The molecule has 14 aromatic rings. The van der Waals surface area contributed by atoms with Crippen molar-refractivity contribution in [1.29, 1.82) is 0 Å². The number of hydrogen-bond donors (Lipinski definition) is 0. The Morgan fingerprint density at radius 3 is 0.864 bits per heavy atom. The predicted molar refractivity (Wildman–Crippen MR) is 286 cm³/mol. The molecule has 304 valence electrons. The van der Waals surface area contributed by atoms with Gasteiger partial charge in [0.25, 0.3) is 0 Å². The second-order valence-corrected chi connectivity index (χ2v) is 17.8. The Bertz CT molecular complexity index is 4050. The van der Waals surface area contributed by atoms with Gasteiger partial charge < -0.3 is 0 Å². The molecular formula is C66H40. The molecule has 0 atom stereocenters. The van der Waals surface area contributed by atoms with E-state index >= 15 is 0 Å². The van der Waals surface area contributed by atoms with Gasteiger partial charge in [-0.05, 0) is 154 Å². The van der Waals surface area contributed by atoms with Gasteiger partial charge in [-0.3, -0.25) is 0 Å². The highest BCUT2D eigenvalue weighted by Gasteiger charge is 2.20. The van der Waals surface area contributed by atoms with E-state index in [4.69, 9.17) is 0 Å². The van der Waals surface area contributed by atoms with Crippen LogP contribution in [0.1, 0.15) is 0 Å². The molecule has 0 aromatic heterocycles. The first kappa shape index (κ1) is 36.9. The maximum atomic E-state index is 2.48. The van der Waals surface area contributed by atoms with Crippen molar-refractivity contribution in [2.45, 2.75) is 0 Å². The maximum absolute atomic E-state index is 2.48. The van der Waals surface area contributed by atoms with Gasteiger partial charge in [-0.1, -0.05) is 231 Å². The van der Waals surface area contributed by atoms with Gasteiger partial charge >= 0.3 is 0 Å². The van der Waals surface area contributed by atoms with Crippen molar-refractivity contribution in [2.75, 3.05) is 0 Å². The summed E-state index contributed by atoms with van der Waals surface area (Å²) >= 11 is 0. The third-order valence-corrected chi connectivity index (χ3v) is 14.4. The van der Waals surface area contributed by atoms with E-state index in [0.29, 0.717) is 0 Å². The molecule has 0 aliphatic carbocycles. The summed E-state index contributed by atoms with van der Waals surface area (Å²) in [7, 11) is 0. The molecule has 0 radical (unpaired) electrons. The molecular weight excluding hydrogens is 793 g/mol. The third kappa shape index (κ3) is 5.46. The molecule has 0 nitrogen and oxygen atoms in total. The fraction of sp³-hybridized carbons (Fsp3) is 0. The summed E-state index contributed by atoms with van der Waals surface area (Å²) in [6, 6.07) is 90.5. The zero-order valence-electron chi connectivity index (χ0n) is 36.1. The van der Waals surface area contributed by atoms with Gasteiger partial charge in [0.1, 0.15) is 0 Å². The normalized spacial score (nSPS) is 11.9. The first-order chi connectivity index (χ1) is 32.8. The summed E-state index contributed by atoms with van der Waals surface area (Å²) in [5, 5.41) is 22.9. The van der Waals surface area contributed by atoms with Crippen LogP contribution in [0.25, 0.3) is 141 Å². The first-order valence-electron chi connectivity index (χ1n) is 23.0. The van der Waals surface area contributed by atoms with Gasteiger partial charge in [0.15, 0.2) is 0 Å². The fourth-order valence-corrected chi connectivity index (χ4v) is 11.5. The van der Waals surface area contributed by atoms with Gasteiger partial charge in [0.05, 0.1) is 0 Å². The lowest BCUT2D eigenvalue weighted by Gasteiger charge is -2.19. The molecule has 14 rings (SSSR count). The molecule has 0 heteroatoms. The quantitative estimate of drug-likeness (QED) is 0.155. The first-order valence-corrected chi connectivity index (χ1v) is 23.0. The Balaban J connectivity index is 1.03. The molecule has 0 N–H and O–H groups in total. The van der Waals surface area contributed by atoms with Gasteiger partial charge in [-0.2, -0.15) is 0 Å². The topological polar surface area (TPSA) is 0 Å². The van der Waals surface area contributed by atoms with Gasteiger partial charge in [0, 0.05) is 0 Å². The third-order valence-electron chi connectivity index (χ3n) is 14.4. The van der Waals surface area contributed by atoms with E-state index in [0.717, 1.165) is 0 Å². The molecule has 66 heavy (non-hydrogen) atoms. The standard InChI is InChI=1S/C66H40/c1-3-19-45-41(15-1)17-13-29-51(45)57-37-35-47(49-21-5-7-23-53(49)57)43-31-33-59-55-25-9-12-28-62(55)66-64-40-44(32-34-60(64)56-26-10-11-27-61(56)65(66)63(59)39-43)48-36-38-58(54-24-8-6-22-50(48)54)52-30-14-18-42-16-2-4-20-46(42)52/h1-40H. The molecule has 0 aliphatic rings. The van der Waals surface area contributed by atoms with E-state index in [1.807, 2.05) is 0 Å². The second-order valence-electron chi connectivity index (χ2n) is 17.8. The van der Waals surface area contributed by atoms with Crippen LogP contribution in [0, 0.1) is 0 Å². The molecule has 14 aromatic carbocycles. The van der Waals surface area contributed by atoms with E-state index in [1.165, 1.54) is 141 Å². The highest BCUT2D eigenvalue weighted by atomic mass is 14.2. The van der Waals surface area contributed by atoms with Crippen LogP contribution >= 0.6 is 0 Å². The molecule has 0 amide bonds. The van der Waals surface area contributed by atoms with Crippen LogP contribution in [0.3, 0.4) is 0 Å². The highest BCUT2D eigenvalue weighted by molar-refractivity contribution is 6.40. The van der Waals surface area contributed by atoms with Gasteiger partial charge in [-0.15, -0.1) is 0 Å². The van der Waals surface area contributed by atoms with Gasteiger partial charge in [-0.25, -0.2) is 0 Å². The summed E-state index contributed by atoms with van der Waals surface area (Å²) in [6.45, 7) is 0. The van der Waals surface area contributed by atoms with E-state index < -0.39 is 0 Å². The van der Waals surface area contributed by atoms with E-state index in [1.54, 1.807) is 0 Å². The summed E-state index contributed by atoms with van der Waals surface area (Å²) in [4.78, 5) is 0. The number of benzene rings is 14. The van der Waals surface area contributed by atoms with E-state index in [9.17, 15) is 0 Å². The van der Waals surface area contributed by atoms with Crippen molar-refractivity contribution in [3.05, 3.63) is 243 Å². The summed E-state index contributed by atoms with van der Waals surface area (Å²) < 4.78 is 0. The minimum atomic E-state index is 1.22. The zero-order chi connectivity index (χ0) is 43.3. The van der Waals surface area contributed by atoms with Crippen LogP contribution in [0.5, 0.6) is 0 Å². The monoisotopic (exact) mass is 832 g/mol. The van der Waals surface area contributed by atoms with Crippen LogP contribution < -0.4 is 0 Å². The van der Waals surface area contributed by atoms with Crippen LogP contribution in [-0.2, 0) is 0 Å². The fourth-order valence-electron chi connectivity index (χ4n) is 11.5. The number of hydrogen-bond acceptors (Lipinski definition) is 0. The maximum Gasteiger partial charge on any atom is -0.00137 e. The van der Waals surface area contributed by atoms with Crippen molar-refractivity contribution in [1.82, 2.24) is 0 Å². The van der Waals surface area contributed by atoms with Crippen molar-refractivity contribution >= 4 is 97.0 Å². The number of rotatable bonds is 4. The minimum Gasteiger partial charge on any atom is -0.0616 e. The van der Waals surface area contributed by atoms with Crippen molar-refractivity contribution in [2.24, 2.45) is 0 Å². The van der Waals surface area contributed by atoms with Crippen LogP contribution in [-0.4, -0.2) is 0 Å². The van der Waals surface area contributed by atoms with Crippen molar-refractivity contribution in [3.8, 4) is 44.5 Å². The molecule has 0 heterocycles. The molecule has 0 aliphatic heterocycles. The van der Waals surface area contributed by atoms with E-state index in [2.05, 4.69) is 243 Å². The molecule has 0 bridgehead atoms. The molecule has 0 saturated carbocycles. The average Bonchev–Trinajstić information content (AvgIpc) is 3.39. The minimum absolute atomic E-state index is 1.22. The average molecular weight is 833 g/mol. The molecule has 0 fully saturated rings. The Labute approximate surface area is 382 Å². The Morgan fingerprint density at radius 1 is 0.152 bits per heavy atom. The molecule has 0 spiro atoms. The van der Waals surface area contributed by atoms with Crippen molar-refractivity contribution in [3.63, 3.8) is 0 Å². The zero-order valence-corrected chi connectivity index (χ0v) is 36.1.